The summed E-state index contributed by atoms with van der Waals surface area (Å²) in [4.78, 5) is 2.51. The largest absolute Gasteiger partial charge is 0.457 e. The summed E-state index contributed by atoms with van der Waals surface area (Å²) in [5.41, 5.74) is 10.2. The van der Waals surface area contributed by atoms with Crippen molar-refractivity contribution in [2.24, 2.45) is 0 Å². The van der Waals surface area contributed by atoms with E-state index in [0.717, 1.165) is 28.6 Å². The second-order valence-electron chi connectivity index (χ2n) is 15.5. The molecule has 58 heavy (non-hydrogen) atoms. The minimum absolute atomic E-state index is 0.587. The van der Waals surface area contributed by atoms with Crippen molar-refractivity contribution in [2.75, 3.05) is 4.90 Å². The van der Waals surface area contributed by atoms with Crippen molar-refractivity contribution in [3.05, 3.63) is 222 Å². The van der Waals surface area contributed by atoms with Gasteiger partial charge < -0.3 is 9.64 Å². The lowest BCUT2D eigenvalue weighted by molar-refractivity contribution is 0.435. The number of fused-ring (bicyclic) bond motifs is 14. The molecular weight excluding hydrogens is 723 g/mol. The van der Waals surface area contributed by atoms with Crippen molar-refractivity contribution in [3.63, 3.8) is 0 Å². The van der Waals surface area contributed by atoms with E-state index >= 15 is 0 Å². The van der Waals surface area contributed by atoms with Crippen molar-refractivity contribution in [3.8, 4) is 22.6 Å². The number of thiophene rings is 1. The van der Waals surface area contributed by atoms with E-state index < -0.39 is 5.41 Å². The van der Waals surface area contributed by atoms with Gasteiger partial charge >= 0.3 is 0 Å². The summed E-state index contributed by atoms with van der Waals surface area (Å²) in [6.45, 7) is 0. The normalized spacial score (nSPS) is 13.4. The maximum Gasteiger partial charge on any atom is 0.132 e. The molecule has 11 aromatic rings. The van der Waals surface area contributed by atoms with Gasteiger partial charge in [0.1, 0.15) is 11.5 Å². The summed E-state index contributed by atoms with van der Waals surface area (Å²) < 4.78 is 9.31. The fraction of sp³-hybridized carbons (Fsp3) is 0.0182. The van der Waals surface area contributed by atoms with Crippen molar-refractivity contribution in [1.82, 2.24) is 0 Å². The first-order valence-electron chi connectivity index (χ1n) is 19.9. The molecule has 3 heteroatoms. The zero-order valence-electron chi connectivity index (χ0n) is 31.3. The molecule has 0 N–H and O–H groups in total. The predicted octanol–water partition coefficient (Wildman–Crippen LogP) is 15.5. The molecular formula is C55H33NOS. The minimum atomic E-state index is -0.587. The van der Waals surface area contributed by atoms with Crippen molar-refractivity contribution in [1.29, 1.82) is 0 Å². The first-order chi connectivity index (χ1) is 28.8. The van der Waals surface area contributed by atoms with Crippen LogP contribution in [0.2, 0.25) is 0 Å². The molecule has 2 aliphatic rings. The second-order valence-corrected chi connectivity index (χ2v) is 16.6. The molecule has 0 bridgehead atoms. The van der Waals surface area contributed by atoms with E-state index in [9.17, 15) is 0 Å². The second kappa shape index (κ2) is 11.9. The molecule has 0 radical (unpaired) electrons. The molecule has 1 aliphatic carbocycles. The third-order valence-corrected chi connectivity index (χ3v) is 13.9. The molecule has 270 valence electrons. The third kappa shape index (κ3) is 4.21. The predicted molar refractivity (Wildman–Crippen MR) is 244 cm³/mol. The SMILES string of the molecule is c1ccc2c(c1)Oc1ccccc1C21c2ccccc2-c2ccc(N(c3ccc4c(c3)sc3c5ccccc5ccc43)c3cccc4ccccc34)c3cccc1c23. The highest BCUT2D eigenvalue weighted by atomic mass is 32.1. The van der Waals surface area contributed by atoms with Gasteiger partial charge in [-0.05, 0) is 80.2 Å². The van der Waals surface area contributed by atoms with E-state index in [1.807, 2.05) is 11.3 Å². The molecule has 2 nitrogen and oxygen atoms in total. The van der Waals surface area contributed by atoms with Crippen LogP contribution in [0.5, 0.6) is 11.5 Å². The summed E-state index contributed by atoms with van der Waals surface area (Å²) in [6.07, 6.45) is 0. The zero-order valence-corrected chi connectivity index (χ0v) is 32.1. The molecule has 1 spiro atoms. The Kier molecular flexibility index (Phi) is 6.56. The Hall–Kier alpha value is -7.20. The fourth-order valence-electron chi connectivity index (χ4n) is 10.3. The van der Waals surface area contributed by atoms with E-state index in [4.69, 9.17) is 4.74 Å². The number of rotatable bonds is 3. The van der Waals surface area contributed by atoms with Crippen LogP contribution in [0.4, 0.5) is 17.1 Å². The molecule has 0 saturated heterocycles. The van der Waals surface area contributed by atoms with Crippen molar-refractivity contribution in [2.45, 2.75) is 5.41 Å². The van der Waals surface area contributed by atoms with Gasteiger partial charge in [-0.25, -0.2) is 0 Å². The maximum atomic E-state index is 6.70. The monoisotopic (exact) mass is 755 g/mol. The molecule has 0 fully saturated rings. The van der Waals surface area contributed by atoms with Crippen molar-refractivity contribution >= 4 is 80.9 Å². The van der Waals surface area contributed by atoms with Gasteiger partial charge in [0.05, 0.1) is 16.8 Å². The van der Waals surface area contributed by atoms with Gasteiger partial charge in [-0.3, -0.25) is 0 Å². The molecule has 10 aromatic carbocycles. The van der Waals surface area contributed by atoms with Crippen LogP contribution in [0, 0.1) is 0 Å². The third-order valence-electron chi connectivity index (χ3n) is 12.7. The fourth-order valence-corrected chi connectivity index (χ4v) is 11.6. The van der Waals surface area contributed by atoms with Gasteiger partial charge in [-0.15, -0.1) is 11.3 Å². The number of nitrogens with zero attached hydrogens (tertiary/aromatic N) is 1. The number of anilines is 3. The number of ether oxygens (including phenoxy) is 1. The maximum absolute atomic E-state index is 6.70. The summed E-state index contributed by atoms with van der Waals surface area (Å²) in [7, 11) is 0. The lowest BCUT2D eigenvalue weighted by Crippen LogP contribution is -2.36. The molecule has 0 saturated carbocycles. The number of hydrogen-bond donors (Lipinski definition) is 0. The molecule has 1 aromatic heterocycles. The average Bonchev–Trinajstić information content (AvgIpc) is 3.67. The Labute approximate surface area is 339 Å². The van der Waals surface area contributed by atoms with Crippen LogP contribution in [0.1, 0.15) is 22.3 Å². The van der Waals surface area contributed by atoms with Crippen LogP contribution in [-0.4, -0.2) is 0 Å². The number of hydrogen-bond acceptors (Lipinski definition) is 3. The lowest BCUT2D eigenvalue weighted by atomic mass is 9.58. The molecule has 0 unspecified atom stereocenters. The summed E-state index contributed by atoms with van der Waals surface area (Å²) in [5, 5.41) is 10.1. The zero-order chi connectivity index (χ0) is 38.0. The van der Waals surface area contributed by atoms with Gasteiger partial charge in [0, 0.05) is 47.8 Å². The highest BCUT2D eigenvalue weighted by Gasteiger charge is 2.49. The quantitative estimate of drug-likeness (QED) is 0.178. The Morgan fingerprint density at radius 2 is 1.00 bits per heavy atom. The highest BCUT2D eigenvalue weighted by Crippen LogP contribution is 2.62. The number of benzene rings is 10. The van der Waals surface area contributed by atoms with Gasteiger partial charge in [-0.1, -0.05) is 164 Å². The lowest BCUT2D eigenvalue weighted by Gasteiger charge is -2.45. The Balaban J connectivity index is 1.14. The molecule has 0 atom stereocenters. The Morgan fingerprint density at radius 1 is 0.397 bits per heavy atom. The topological polar surface area (TPSA) is 12.5 Å². The van der Waals surface area contributed by atoms with E-state index in [1.54, 1.807) is 0 Å². The van der Waals surface area contributed by atoms with Gasteiger partial charge in [0.15, 0.2) is 0 Å². The van der Waals surface area contributed by atoms with Crippen LogP contribution >= 0.6 is 11.3 Å². The van der Waals surface area contributed by atoms with Crippen LogP contribution in [0.25, 0.3) is 63.6 Å². The van der Waals surface area contributed by atoms with E-state index in [0.29, 0.717) is 0 Å². The standard InChI is InChI=1S/C55H33NOS/c1-3-16-37-34(13-1)15-11-24-48(37)56(36-28-30-40-42-29-27-35-14-2-4-17-38(35)54(42)58-52(40)33-36)49-32-31-41-39-18-5-6-20-44(39)55(47-23-12-19-43(49)53(41)47)45-21-7-9-25-50(45)57-51-26-10-8-22-46(51)55/h1-33H. The Morgan fingerprint density at radius 3 is 1.83 bits per heavy atom. The van der Waals surface area contributed by atoms with Gasteiger partial charge in [-0.2, -0.15) is 0 Å². The van der Waals surface area contributed by atoms with E-state index in [2.05, 4.69) is 205 Å². The summed E-state index contributed by atoms with van der Waals surface area (Å²) >= 11 is 1.89. The van der Waals surface area contributed by atoms with Crippen LogP contribution in [0.15, 0.2) is 200 Å². The first kappa shape index (κ1) is 31.9. The molecule has 0 amide bonds. The van der Waals surface area contributed by atoms with Crippen molar-refractivity contribution < 1.29 is 4.74 Å². The summed E-state index contributed by atoms with van der Waals surface area (Å²) in [6, 6.07) is 73.8. The minimum Gasteiger partial charge on any atom is -0.457 e. The molecule has 2 heterocycles. The van der Waals surface area contributed by atoms with E-state index in [-0.39, 0.29) is 0 Å². The summed E-state index contributed by atoms with van der Waals surface area (Å²) in [5.74, 6) is 1.80. The molecule has 1 aliphatic heterocycles. The number of para-hydroxylation sites is 2. The van der Waals surface area contributed by atoms with Gasteiger partial charge in [0.25, 0.3) is 0 Å². The van der Waals surface area contributed by atoms with Gasteiger partial charge in [0.2, 0.25) is 0 Å². The smallest absolute Gasteiger partial charge is 0.132 e. The highest BCUT2D eigenvalue weighted by molar-refractivity contribution is 7.26. The van der Waals surface area contributed by atoms with Crippen LogP contribution in [0.3, 0.4) is 0 Å². The first-order valence-corrected chi connectivity index (χ1v) is 20.7. The van der Waals surface area contributed by atoms with Crippen LogP contribution < -0.4 is 9.64 Å². The van der Waals surface area contributed by atoms with E-state index in [1.165, 1.54) is 85.9 Å². The van der Waals surface area contributed by atoms with Crippen LogP contribution in [-0.2, 0) is 5.41 Å². The average molecular weight is 756 g/mol. The molecule has 13 rings (SSSR count). The Bertz CT molecular complexity index is 3470.